The molecule has 0 saturated heterocycles. The lowest BCUT2D eigenvalue weighted by atomic mass is 10.1. The molecule has 0 fully saturated rings. The van der Waals surface area contributed by atoms with Crippen LogP contribution in [-0.4, -0.2) is 26.3 Å². The van der Waals surface area contributed by atoms with Crippen molar-refractivity contribution in [2.24, 2.45) is 0 Å². The summed E-state index contributed by atoms with van der Waals surface area (Å²) in [6, 6.07) is 0. The molecule has 19 heavy (non-hydrogen) atoms. The molecular weight excluding hydrogens is 238 g/mol. The first-order valence-corrected chi connectivity index (χ1v) is 6.81. The lowest BCUT2D eigenvalue weighted by Gasteiger charge is -2.18. The van der Waals surface area contributed by atoms with Crippen molar-refractivity contribution in [1.29, 1.82) is 0 Å². The van der Waals surface area contributed by atoms with Crippen LogP contribution in [0.3, 0.4) is 0 Å². The average Bonchev–Trinajstić information content (AvgIpc) is 2.72. The third-order valence-corrected chi connectivity index (χ3v) is 3.85. The molecule has 1 N–H and O–H groups in total. The third-order valence-electron chi connectivity index (χ3n) is 3.85. The molecule has 5 nitrogen and oxygen atoms in total. The first-order valence-electron chi connectivity index (χ1n) is 6.81. The summed E-state index contributed by atoms with van der Waals surface area (Å²) in [5.41, 5.74) is 5.93. The van der Waals surface area contributed by atoms with Crippen LogP contribution in [0.5, 0.6) is 0 Å². The summed E-state index contributed by atoms with van der Waals surface area (Å²) in [5, 5.41) is 8.04. The Morgan fingerprint density at radius 1 is 1.32 bits per heavy atom. The van der Waals surface area contributed by atoms with E-state index in [-0.39, 0.29) is 0 Å². The Morgan fingerprint density at radius 2 is 2.16 bits per heavy atom. The summed E-state index contributed by atoms with van der Waals surface area (Å²) in [6.07, 6.45) is 3.62. The zero-order chi connectivity index (χ0) is 13.4. The SMILES string of the molecule is CCc1c(C)nn(-c2ncnc3c2CNCC3)c1C. The second-order valence-corrected chi connectivity index (χ2v) is 4.96. The molecule has 1 aliphatic rings. The standard InChI is InChI=1S/C14H19N5/c1-4-11-9(2)18-19(10(11)3)14-12-7-15-6-5-13(12)16-8-17-14/h8,15H,4-7H2,1-3H3. The molecule has 3 rings (SSSR count). The number of hydrogen-bond donors (Lipinski definition) is 1. The molecule has 0 aliphatic carbocycles. The highest BCUT2D eigenvalue weighted by molar-refractivity contribution is 5.41. The van der Waals surface area contributed by atoms with Crippen molar-refractivity contribution in [3.8, 4) is 5.82 Å². The summed E-state index contributed by atoms with van der Waals surface area (Å²) in [6.45, 7) is 8.16. The smallest absolute Gasteiger partial charge is 0.161 e. The van der Waals surface area contributed by atoms with Crippen LogP contribution in [0, 0.1) is 13.8 Å². The maximum absolute atomic E-state index is 4.66. The minimum absolute atomic E-state index is 0.825. The van der Waals surface area contributed by atoms with E-state index in [9.17, 15) is 0 Å². The van der Waals surface area contributed by atoms with Crippen LogP contribution in [0.4, 0.5) is 0 Å². The number of fused-ring (bicyclic) bond motifs is 1. The highest BCUT2D eigenvalue weighted by Gasteiger charge is 2.19. The predicted molar refractivity (Wildman–Crippen MR) is 73.4 cm³/mol. The quantitative estimate of drug-likeness (QED) is 0.885. The Hall–Kier alpha value is -1.75. The lowest BCUT2D eigenvalue weighted by Crippen LogP contribution is -2.27. The number of aromatic nitrogens is 4. The molecule has 0 bridgehead atoms. The van der Waals surface area contributed by atoms with E-state index >= 15 is 0 Å². The molecule has 0 saturated carbocycles. The van der Waals surface area contributed by atoms with Gasteiger partial charge in [0.2, 0.25) is 0 Å². The number of rotatable bonds is 2. The van der Waals surface area contributed by atoms with E-state index in [0.29, 0.717) is 0 Å². The largest absolute Gasteiger partial charge is 0.312 e. The van der Waals surface area contributed by atoms with Gasteiger partial charge in [0, 0.05) is 30.8 Å². The van der Waals surface area contributed by atoms with Crippen molar-refractivity contribution >= 4 is 0 Å². The van der Waals surface area contributed by atoms with Gasteiger partial charge in [0.25, 0.3) is 0 Å². The van der Waals surface area contributed by atoms with Gasteiger partial charge in [-0.25, -0.2) is 14.6 Å². The summed E-state index contributed by atoms with van der Waals surface area (Å²) in [4.78, 5) is 8.85. The van der Waals surface area contributed by atoms with Gasteiger partial charge in [0.15, 0.2) is 5.82 Å². The van der Waals surface area contributed by atoms with E-state index in [1.807, 2.05) is 4.68 Å². The van der Waals surface area contributed by atoms with Crippen LogP contribution in [0.15, 0.2) is 6.33 Å². The van der Waals surface area contributed by atoms with Gasteiger partial charge in [-0.15, -0.1) is 0 Å². The molecule has 0 unspecified atom stereocenters. The topological polar surface area (TPSA) is 55.6 Å². The van der Waals surface area contributed by atoms with Crippen LogP contribution >= 0.6 is 0 Å². The highest BCUT2D eigenvalue weighted by Crippen LogP contribution is 2.22. The summed E-state index contributed by atoms with van der Waals surface area (Å²) < 4.78 is 1.97. The van der Waals surface area contributed by atoms with E-state index < -0.39 is 0 Å². The monoisotopic (exact) mass is 257 g/mol. The molecule has 0 spiro atoms. The second kappa shape index (κ2) is 4.74. The maximum atomic E-state index is 4.66. The van der Waals surface area contributed by atoms with Gasteiger partial charge in [-0.1, -0.05) is 6.92 Å². The number of nitrogens with zero attached hydrogens (tertiary/aromatic N) is 4. The Balaban J connectivity index is 2.17. The van der Waals surface area contributed by atoms with Crippen molar-refractivity contribution in [2.75, 3.05) is 6.54 Å². The normalized spacial score (nSPS) is 14.5. The van der Waals surface area contributed by atoms with Crippen LogP contribution in [-0.2, 0) is 19.4 Å². The van der Waals surface area contributed by atoms with E-state index in [0.717, 1.165) is 43.1 Å². The summed E-state index contributed by atoms with van der Waals surface area (Å²) in [5.74, 6) is 0.928. The minimum atomic E-state index is 0.825. The molecule has 1 aliphatic heterocycles. The van der Waals surface area contributed by atoms with Crippen molar-refractivity contribution in [3.63, 3.8) is 0 Å². The number of nitrogens with one attached hydrogen (secondary N) is 1. The average molecular weight is 257 g/mol. The molecule has 2 aromatic rings. The molecule has 0 aromatic carbocycles. The molecule has 5 heteroatoms. The van der Waals surface area contributed by atoms with Crippen LogP contribution in [0.1, 0.15) is 35.1 Å². The van der Waals surface area contributed by atoms with Gasteiger partial charge in [0.1, 0.15) is 6.33 Å². The van der Waals surface area contributed by atoms with Crippen LogP contribution < -0.4 is 5.32 Å². The molecule has 2 aromatic heterocycles. The predicted octanol–water partition coefficient (Wildman–Crippen LogP) is 1.49. The first-order chi connectivity index (χ1) is 9.22. The van der Waals surface area contributed by atoms with Crippen molar-refractivity contribution in [2.45, 2.75) is 40.2 Å². The Bertz CT molecular complexity index is 615. The lowest BCUT2D eigenvalue weighted by molar-refractivity contribution is 0.614. The van der Waals surface area contributed by atoms with Gasteiger partial charge in [-0.3, -0.25) is 0 Å². The summed E-state index contributed by atoms with van der Waals surface area (Å²) in [7, 11) is 0. The zero-order valence-electron chi connectivity index (χ0n) is 11.7. The zero-order valence-corrected chi connectivity index (χ0v) is 11.7. The van der Waals surface area contributed by atoms with E-state index in [4.69, 9.17) is 0 Å². The fourth-order valence-corrected chi connectivity index (χ4v) is 2.83. The Kier molecular flexibility index (Phi) is 3.06. The van der Waals surface area contributed by atoms with Crippen LogP contribution in [0.2, 0.25) is 0 Å². The number of hydrogen-bond acceptors (Lipinski definition) is 4. The van der Waals surface area contributed by atoms with Crippen molar-refractivity contribution in [1.82, 2.24) is 25.1 Å². The van der Waals surface area contributed by atoms with Crippen molar-refractivity contribution in [3.05, 3.63) is 34.5 Å². The van der Waals surface area contributed by atoms with Crippen molar-refractivity contribution < 1.29 is 0 Å². The maximum Gasteiger partial charge on any atom is 0.161 e. The van der Waals surface area contributed by atoms with Gasteiger partial charge >= 0.3 is 0 Å². The molecule has 3 heterocycles. The Morgan fingerprint density at radius 3 is 2.89 bits per heavy atom. The van der Waals surface area contributed by atoms with E-state index in [1.165, 1.54) is 16.8 Å². The van der Waals surface area contributed by atoms with E-state index in [1.54, 1.807) is 6.33 Å². The van der Waals surface area contributed by atoms with Gasteiger partial charge in [-0.05, 0) is 25.8 Å². The van der Waals surface area contributed by atoms with Gasteiger partial charge < -0.3 is 5.32 Å². The molecule has 0 atom stereocenters. The Labute approximate surface area is 113 Å². The third kappa shape index (κ3) is 1.94. The minimum Gasteiger partial charge on any atom is -0.312 e. The van der Waals surface area contributed by atoms with Gasteiger partial charge in [-0.2, -0.15) is 5.10 Å². The molecule has 0 radical (unpaired) electrons. The first kappa shape index (κ1) is 12.3. The fraction of sp³-hybridized carbons (Fsp3) is 0.500. The molecule has 100 valence electrons. The van der Waals surface area contributed by atoms with Crippen LogP contribution in [0.25, 0.3) is 5.82 Å². The second-order valence-electron chi connectivity index (χ2n) is 4.96. The van der Waals surface area contributed by atoms with Gasteiger partial charge in [0.05, 0.1) is 11.4 Å². The highest BCUT2D eigenvalue weighted by atomic mass is 15.3. The molecule has 0 amide bonds. The fourth-order valence-electron chi connectivity index (χ4n) is 2.83. The molecular formula is C14H19N5. The summed E-state index contributed by atoms with van der Waals surface area (Å²) >= 11 is 0. The number of aryl methyl sites for hydroxylation is 1. The van der Waals surface area contributed by atoms with E-state index in [2.05, 4.69) is 41.2 Å².